The van der Waals surface area contributed by atoms with E-state index in [4.69, 9.17) is 11.6 Å². The summed E-state index contributed by atoms with van der Waals surface area (Å²) in [7, 11) is 0. The molecule has 0 saturated carbocycles. The van der Waals surface area contributed by atoms with Crippen molar-refractivity contribution in [1.82, 2.24) is 0 Å². The van der Waals surface area contributed by atoms with E-state index in [9.17, 15) is 9.90 Å². The third kappa shape index (κ3) is 3.61. The Hall–Kier alpha value is -1.80. The number of rotatable bonds is 4. The maximum absolute atomic E-state index is 11.5. The fourth-order valence-corrected chi connectivity index (χ4v) is 2.59. The second kappa shape index (κ2) is 6.10. The van der Waals surface area contributed by atoms with E-state index in [0.29, 0.717) is 11.4 Å². The van der Waals surface area contributed by atoms with Gasteiger partial charge in [0.15, 0.2) is 0 Å². The number of benzene rings is 2. The van der Waals surface area contributed by atoms with Gasteiger partial charge in [-0.05, 0) is 43.5 Å². The molecule has 1 atom stereocenters. The highest BCUT2D eigenvalue weighted by Crippen LogP contribution is 2.24. The second-order valence-corrected chi connectivity index (χ2v) is 5.58. The number of carboxylic acid groups (broad SMARTS) is 1. The first-order chi connectivity index (χ1) is 9.45. The number of hydrogen-bond acceptors (Lipinski definition) is 1. The van der Waals surface area contributed by atoms with Gasteiger partial charge in [-0.15, -0.1) is 0 Å². The number of carbonyl (C=O) groups is 1. The molecule has 0 bridgehead atoms. The highest BCUT2D eigenvalue weighted by Gasteiger charge is 2.20. The van der Waals surface area contributed by atoms with E-state index in [-0.39, 0.29) is 0 Å². The van der Waals surface area contributed by atoms with Crippen LogP contribution in [0.15, 0.2) is 42.5 Å². The second-order valence-electron chi connectivity index (χ2n) is 5.14. The molecule has 1 N–H and O–H groups in total. The minimum absolute atomic E-state index is 0.486. The van der Waals surface area contributed by atoms with Gasteiger partial charge in [0, 0.05) is 5.02 Å². The zero-order chi connectivity index (χ0) is 14.7. The summed E-state index contributed by atoms with van der Waals surface area (Å²) in [6, 6.07) is 13.2. The molecule has 0 amide bonds. The van der Waals surface area contributed by atoms with Crippen LogP contribution in [-0.2, 0) is 11.2 Å². The Kier molecular flexibility index (Phi) is 4.46. The average Bonchev–Trinajstić information content (AvgIpc) is 2.36. The molecular formula is C17H17ClO2. The average molecular weight is 289 g/mol. The molecule has 2 nitrogen and oxygen atoms in total. The van der Waals surface area contributed by atoms with E-state index in [1.54, 1.807) is 24.3 Å². The summed E-state index contributed by atoms with van der Waals surface area (Å²) in [5, 5.41) is 10.1. The quantitative estimate of drug-likeness (QED) is 0.907. The Morgan fingerprint density at radius 1 is 1.10 bits per heavy atom. The Labute approximate surface area is 124 Å². The number of halogens is 1. The van der Waals surface area contributed by atoms with Crippen LogP contribution in [0.25, 0.3) is 0 Å². The van der Waals surface area contributed by atoms with Gasteiger partial charge in [0.05, 0.1) is 5.92 Å². The Morgan fingerprint density at radius 3 is 2.15 bits per heavy atom. The van der Waals surface area contributed by atoms with Gasteiger partial charge in [0.25, 0.3) is 0 Å². The molecule has 104 valence electrons. The number of hydrogen-bond donors (Lipinski definition) is 1. The fourth-order valence-electron chi connectivity index (χ4n) is 2.47. The summed E-state index contributed by atoms with van der Waals surface area (Å²) >= 11 is 5.85. The van der Waals surface area contributed by atoms with Gasteiger partial charge in [-0.3, -0.25) is 4.79 Å². The molecular weight excluding hydrogens is 272 g/mol. The highest BCUT2D eigenvalue weighted by atomic mass is 35.5. The minimum atomic E-state index is -0.813. The van der Waals surface area contributed by atoms with E-state index >= 15 is 0 Å². The fraction of sp³-hybridized carbons (Fsp3) is 0.235. The van der Waals surface area contributed by atoms with Crippen LogP contribution in [-0.4, -0.2) is 11.1 Å². The molecule has 2 aromatic rings. The van der Waals surface area contributed by atoms with Crippen LogP contribution >= 0.6 is 11.6 Å². The van der Waals surface area contributed by atoms with Crippen LogP contribution in [0.2, 0.25) is 5.02 Å². The molecule has 0 aliphatic rings. The Balaban J connectivity index is 2.30. The molecule has 0 aliphatic carbocycles. The summed E-state index contributed by atoms with van der Waals surface area (Å²) in [5.74, 6) is -1.36. The zero-order valence-electron chi connectivity index (χ0n) is 11.6. The summed E-state index contributed by atoms with van der Waals surface area (Å²) in [6.07, 6.45) is 0.486. The molecule has 0 fully saturated rings. The van der Waals surface area contributed by atoms with Crippen molar-refractivity contribution in [3.05, 3.63) is 69.7 Å². The molecule has 0 aliphatic heterocycles. The van der Waals surface area contributed by atoms with Crippen LogP contribution < -0.4 is 0 Å². The predicted octanol–water partition coefficient (Wildman–Crippen LogP) is 4.37. The maximum Gasteiger partial charge on any atom is 0.311 e. The third-order valence-electron chi connectivity index (χ3n) is 3.29. The molecule has 20 heavy (non-hydrogen) atoms. The van der Waals surface area contributed by atoms with E-state index in [1.807, 2.05) is 26.0 Å². The van der Waals surface area contributed by atoms with E-state index in [0.717, 1.165) is 22.3 Å². The van der Waals surface area contributed by atoms with Gasteiger partial charge < -0.3 is 5.11 Å². The summed E-state index contributed by atoms with van der Waals surface area (Å²) in [5.41, 5.74) is 4.13. The summed E-state index contributed by atoms with van der Waals surface area (Å²) in [6.45, 7) is 4.04. The van der Waals surface area contributed by atoms with E-state index in [2.05, 4.69) is 6.07 Å². The number of carboxylic acids is 1. The van der Waals surface area contributed by atoms with Crippen molar-refractivity contribution in [3.63, 3.8) is 0 Å². The lowest BCUT2D eigenvalue weighted by atomic mass is 9.91. The standard InChI is InChI=1S/C17H17ClO2/c1-11-7-12(2)9-13(8-11)10-16(17(19)20)14-3-5-15(18)6-4-14/h3-9,16H,10H2,1-2H3,(H,19,20). The largest absolute Gasteiger partial charge is 0.481 e. The Bertz CT molecular complexity index is 597. The molecule has 2 rings (SSSR count). The van der Waals surface area contributed by atoms with Crippen molar-refractivity contribution in [2.75, 3.05) is 0 Å². The first-order valence-corrected chi connectivity index (χ1v) is 6.89. The molecule has 0 aromatic heterocycles. The van der Waals surface area contributed by atoms with Crippen molar-refractivity contribution in [3.8, 4) is 0 Å². The van der Waals surface area contributed by atoms with Crippen LogP contribution in [0.5, 0.6) is 0 Å². The molecule has 0 radical (unpaired) electrons. The van der Waals surface area contributed by atoms with Crippen molar-refractivity contribution in [2.24, 2.45) is 0 Å². The van der Waals surface area contributed by atoms with Crippen molar-refractivity contribution < 1.29 is 9.90 Å². The van der Waals surface area contributed by atoms with Crippen LogP contribution in [0.4, 0.5) is 0 Å². The van der Waals surface area contributed by atoms with Gasteiger partial charge in [0.1, 0.15) is 0 Å². The molecule has 2 aromatic carbocycles. The van der Waals surface area contributed by atoms with Gasteiger partial charge in [-0.25, -0.2) is 0 Å². The minimum Gasteiger partial charge on any atom is -0.481 e. The molecule has 0 saturated heterocycles. The first-order valence-electron chi connectivity index (χ1n) is 6.51. The van der Waals surface area contributed by atoms with Crippen molar-refractivity contribution >= 4 is 17.6 Å². The van der Waals surface area contributed by atoms with Gasteiger partial charge in [-0.1, -0.05) is 53.1 Å². The molecule has 3 heteroatoms. The molecule has 0 heterocycles. The first kappa shape index (κ1) is 14.6. The highest BCUT2D eigenvalue weighted by molar-refractivity contribution is 6.30. The molecule has 0 spiro atoms. The lowest BCUT2D eigenvalue weighted by molar-refractivity contribution is -0.138. The van der Waals surface area contributed by atoms with Crippen molar-refractivity contribution in [1.29, 1.82) is 0 Å². The van der Waals surface area contributed by atoms with Gasteiger partial charge in [-0.2, -0.15) is 0 Å². The lowest BCUT2D eigenvalue weighted by Crippen LogP contribution is -2.14. The lowest BCUT2D eigenvalue weighted by Gasteiger charge is -2.14. The maximum atomic E-state index is 11.5. The summed E-state index contributed by atoms with van der Waals surface area (Å²) < 4.78 is 0. The zero-order valence-corrected chi connectivity index (χ0v) is 12.3. The van der Waals surface area contributed by atoms with E-state index < -0.39 is 11.9 Å². The van der Waals surface area contributed by atoms with Gasteiger partial charge in [0.2, 0.25) is 0 Å². The van der Waals surface area contributed by atoms with Crippen LogP contribution in [0, 0.1) is 13.8 Å². The van der Waals surface area contributed by atoms with Crippen LogP contribution in [0.3, 0.4) is 0 Å². The Morgan fingerprint density at radius 2 is 1.65 bits per heavy atom. The summed E-state index contributed by atoms with van der Waals surface area (Å²) in [4.78, 5) is 11.5. The third-order valence-corrected chi connectivity index (χ3v) is 3.54. The normalized spacial score (nSPS) is 12.2. The molecule has 1 unspecified atom stereocenters. The van der Waals surface area contributed by atoms with E-state index in [1.165, 1.54) is 0 Å². The van der Waals surface area contributed by atoms with Crippen LogP contribution in [0.1, 0.15) is 28.2 Å². The smallest absolute Gasteiger partial charge is 0.311 e. The predicted molar refractivity (Wildman–Crippen MR) is 81.4 cm³/mol. The SMILES string of the molecule is Cc1cc(C)cc(CC(C(=O)O)c2ccc(Cl)cc2)c1. The monoisotopic (exact) mass is 288 g/mol. The van der Waals surface area contributed by atoms with Crippen molar-refractivity contribution in [2.45, 2.75) is 26.2 Å². The topological polar surface area (TPSA) is 37.3 Å². The van der Waals surface area contributed by atoms with Gasteiger partial charge >= 0.3 is 5.97 Å². The number of aliphatic carboxylic acids is 1. The number of aryl methyl sites for hydroxylation is 2.